The Morgan fingerprint density at radius 3 is 2.21 bits per heavy atom. The Labute approximate surface area is 96.6 Å². The molecule has 0 saturated carbocycles. The van der Waals surface area contributed by atoms with Gasteiger partial charge in [0.15, 0.2) is 0 Å². The summed E-state index contributed by atoms with van der Waals surface area (Å²) in [6.45, 7) is 6.49. The Hall–Kier alpha value is 0.130. The number of hydrogen-bond acceptors (Lipinski definition) is 0. The van der Waals surface area contributed by atoms with E-state index in [0.29, 0.717) is 0 Å². The number of hydrogen-bond donors (Lipinski definition) is 0. The zero-order chi connectivity index (χ0) is 10.6. The van der Waals surface area contributed by atoms with Crippen molar-refractivity contribution in [1.29, 1.82) is 0 Å². The third-order valence-corrected chi connectivity index (χ3v) is 6.01. The standard InChI is InChI=1S/C12H18BrP/c1-4-5-6-14(13)12-8-10(2)7-11(3)9-12/h7-9H,4-6H2,1-3H3. The molecule has 0 aromatic heterocycles. The fourth-order valence-corrected chi connectivity index (χ4v) is 4.42. The first-order valence-electron chi connectivity index (χ1n) is 5.15. The van der Waals surface area contributed by atoms with Crippen LogP contribution in [-0.2, 0) is 0 Å². The van der Waals surface area contributed by atoms with Crippen LogP contribution in [-0.4, -0.2) is 6.16 Å². The van der Waals surface area contributed by atoms with Gasteiger partial charge < -0.3 is 0 Å². The Balaban J connectivity index is 2.73. The van der Waals surface area contributed by atoms with Gasteiger partial charge in [0.2, 0.25) is 0 Å². The Bertz CT molecular complexity index is 276. The van der Waals surface area contributed by atoms with Crippen molar-refractivity contribution in [3.63, 3.8) is 0 Å². The largest absolute Gasteiger partial charge is 0.0654 e. The summed E-state index contributed by atoms with van der Waals surface area (Å²) in [4.78, 5) is 0. The van der Waals surface area contributed by atoms with E-state index in [1.54, 1.807) is 0 Å². The quantitative estimate of drug-likeness (QED) is 0.707. The Morgan fingerprint density at radius 1 is 1.14 bits per heavy atom. The van der Waals surface area contributed by atoms with Gasteiger partial charge in [0.1, 0.15) is 0 Å². The SMILES string of the molecule is CCCCP(Br)c1cc(C)cc(C)c1. The van der Waals surface area contributed by atoms with Crippen LogP contribution in [0.4, 0.5) is 0 Å². The highest BCUT2D eigenvalue weighted by molar-refractivity contribution is 9.40. The van der Waals surface area contributed by atoms with Crippen molar-refractivity contribution in [2.75, 3.05) is 6.16 Å². The summed E-state index contributed by atoms with van der Waals surface area (Å²) in [6, 6.07) is 6.85. The molecule has 0 fully saturated rings. The first-order chi connectivity index (χ1) is 6.63. The lowest BCUT2D eigenvalue weighted by atomic mass is 10.2. The average molecular weight is 273 g/mol. The molecule has 1 rings (SSSR count). The van der Waals surface area contributed by atoms with Crippen molar-refractivity contribution < 1.29 is 0 Å². The molecule has 1 aromatic carbocycles. The number of benzene rings is 1. The fourth-order valence-electron chi connectivity index (χ4n) is 1.52. The predicted molar refractivity (Wildman–Crippen MR) is 71.2 cm³/mol. The molecule has 1 atom stereocenters. The molecule has 2 heteroatoms. The topological polar surface area (TPSA) is 0 Å². The van der Waals surface area contributed by atoms with Crippen LogP contribution in [0.2, 0.25) is 0 Å². The van der Waals surface area contributed by atoms with E-state index in [-0.39, 0.29) is 6.62 Å². The highest BCUT2D eigenvalue weighted by Crippen LogP contribution is 2.43. The smallest absolute Gasteiger partial charge is 0.00450 e. The second kappa shape index (κ2) is 5.88. The van der Waals surface area contributed by atoms with Crippen molar-refractivity contribution in [3.8, 4) is 0 Å². The maximum Gasteiger partial charge on any atom is -0.00450 e. The molecule has 0 bridgehead atoms. The van der Waals surface area contributed by atoms with E-state index in [1.807, 2.05) is 0 Å². The normalized spacial score (nSPS) is 12.9. The van der Waals surface area contributed by atoms with Gasteiger partial charge in [-0.3, -0.25) is 0 Å². The molecule has 78 valence electrons. The zero-order valence-corrected chi connectivity index (χ0v) is 11.7. The van der Waals surface area contributed by atoms with E-state index < -0.39 is 0 Å². The van der Waals surface area contributed by atoms with Crippen LogP contribution < -0.4 is 5.30 Å². The summed E-state index contributed by atoms with van der Waals surface area (Å²) >= 11 is 3.82. The number of halogens is 1. The van der Waals surface area contributed by atoms with E-state index in [2.05, 4.69) is 54.5 Å². The molecule has 1 unspecified atom stereocenters. The summed E-state index contributed by atoms with van der Waals surface area (Å²) < 4.78 is 0. The summed E-state index contributed by atoms with van der Waals surface area (Å²) in [5.41, 5.74) is 2.76. The molecular weight excluding hydrogens is 255 g/mol. The van der Waals surface area contributed by atoms with Crippen LogP contribution in [0.15, 0.2) is 18.2 Å². The molecule has 0 aliphatic heterocycles. The number of unbranched alkanes of at least 4 members (excludes halogenated alkanes) is 1. The van der Waals surface area contributed by atoms with Gasteiger partial charge in [-0.25, -0.2) is 0 Å². The molecule has 14 heavy (non-hydrogen) atoms. The number of rotatable bonds is 4. The van der Waals surface area contributed by atoms with Crippen molar-refractivity contribution in [1.82, 2.24) is 0 Å². The predicted octanol–water partition coefficient (Wildman–Crippen LogP) is 4.52. The van der Waals surface area contributed by atoms with E-state index in [1.165, 1.54) is 35.4 Å². The molecule has 0 spiro atoms. The minimum atomic E-state index is -0.101. The average Bonchev–Trinajstić information content (AvgIpc) is 2.12. The monoisotopic (exact) mass is 272 g/mol. The van der Waals surface area contributed by atoms with Gasteiger partial charge in [0.05, 0.1) is 0 Å². The number of aryl methyl sites for hydroxylation is 2. The molecule has 0 saturated heterocycles. The van der Waals surface area contributed by atoms with Gasteiger partial charge in [-0.15, -0.1) is 0 Å². The van der Waals surface area contributed by atoms with Crippen LogP contribution in [0.1, 0.15) is 30.9 Å². The van der Waals surface area contributed by atoms with Gasteiger partial charge in [-0.1, -0.05) is 58.2 Å². The Kier molecular flexibility index (Phi) is 5.12. The molecular formula is C12H18BrP. The van der Waals surface area contributed by atoms with Gasteiger partial charge in [0.25, 0.3) is 0 Å². The molecule has 1 aromatic rings. The van der Waals surface area contributed by atoms with Crippen molar-refractivity contribution >= 4 is 27.4 Å². The summed E-state index contributed by atoms with van der Waals surface area (Å²) in [5.74, 6) is 0. The molecule has 0 aliphatic carbocycles. The summed E-state index contributed by atoms with van der Waals surface area (Å²) in [7, 11) is 0. The molecule has 0 N–H and O–H groups in total. The highest BCUT2D eigenvalue weighted by atomic mass is 79.9. The zero-order valence-electron chi connectivity index (χ0n) is 9.18. The summed E-state index contributed by atoms with van der Waals surface area (Å²) in [5, 5.41) is 1.49. The van der Waals surface area contributed by atoms with E-state index in [4.69, 9.17) is 0 Å². The minimum absolute atomic E-state index is 0.101. The van der Waals surface area contributed by atoms with Crippen LogP contribution in [0.25, 0.3) is 0 Å². The lowest BCUT2D eigenvalue weighted by Crippen LogP contribution is -2.01. The van der Waals surface area contributed by atoms with Gasteiger partial charge in [0, 0.05) is 0 Å². The summed E-state index contributed by atoms with van der Waals surface area (Å²) in [6.07, 6.45) is 3.91. The molecule has 0 heterocycles. The van der Waals surface area contributed by atoms with Crippen LogP contribution in [0.5, 0.6) is 0 Å². The molecule has 0 aliphatic rings. The van der Waals surface area contributed by atoms with Gasteiger partial charge >= 0.3 is 0 Å². The molecule has 0 nitrogen and oxygen atoms in total. The van der Waals surface area contributed by atoms with Crippen LogP contribution in [0, 0.1) is 13.8 Å². The Morgan fingerprint density at radius 2 is 1.71 bits per heavy atom. The van der Waals surface area contributed by atoms with Crippen LogP contribution in [0.3, 0.4) is 0 Å². The minimum Gasteiger partial charge on any atom is -0.0654 e. The van der Waals surface area contributed by atoms with Crippen LogP contribution >= 0.6 is 22.1 Å². The maximum absolute atomic E-state index is 3.82. The second-order valence-electron chi connectivity index (χ2n) is 3.79. The fraction of sp³-hybridized carbons (Fsp3) is 0.500. The van der Waals surface area contributed by atoms with Gasteiger partial charge in [-0.2, -0.15) is 0 Å². The second-order valence-corrected chi connectivity index (χ2v) is 8.04. The van der Waals surface area contributed by atoms with Crippen molar-refractivity contribution in [3.05, 3.63) is 29.3 Å². The van der Waals surface area contributed by atoms with Crippen molar-refractivity contribution in [2.24, 2.45) is 0 Å². The van der Waals surface area contributed by atoms with Crippen molar-refractivity contribution in [2.45, 2.75) is 33.6 Å². The third kappa shape index (κ3) is 3.71. The maximum atomic E-state index is 3.82. The molecule has 0 radical (unpaired) electrons. The lowest BCUT2D eigenvalue weighted by Gasteiger charge is -2.11. The van der Waals surface area contributed by atoms with E-state index in [0.717, 1.165) is 0 Å². The van der Waals surface area contributed by atoms with Gasteiger partial charge in [-0.05, 0) is 38.4 Å². The lowest BCUT2D eigenvalue weighted by molar-refractivity contribution is 0.895. The first kappa shape index (κ1) is 12.2. The molecule has 0 amide bonds. The van der Waals surface area contributed by atoms with E-state index >= 15 is 0 Å². The van der Waals surface area contributed by atoms with E-state index in [9.17, 15) is 0 Å². The first-order valence-corrected chi connectivity index (χ1v) is 8.69. The highest BCUT2D eigenvalue weighted by Gasteiger charge is 2.06. The third-order valence-electron chi connectivity index (χ3n) is 2.19.